The number of carbonyl (C=O) groups is 1. The van der Waals surface area contributed by atoms with Crippen LogP contribution in [0.5, 0.6) is 5.75 Å². The molecule has 0 radical (unpaired) electrons. The maximum atomic E-state index is 12.1. The number of anilines is 1. The summed E-state index contributed by atoms with van der Waals surface area (Å²) in [5.41, 5.74) is 0.714. The van der Waals surface area contributed by atoms with Crippen LogP contribution in [0, 0.1) is 6.92 Å². The standard InChI is InChI=1S/C16H16F3N3O4S/c1-11-3-2-4-14(21-11)22-15(23)9-10-20-27(24,25)13-7-5-12(6-8-13)26-16(17,18)19/h2-8,20H,9-10H2,1H3,(H,21,22,23). The van der Waals surface area contributed by atoms with Gasteiger partial charge in [-0.1, -0.05) is 6.07 Å². The van der Waals surface area contributed by atoms with E-state index in [1.165, 1.54) is 0 Å². The second-order valence-corrected chi connectivity index (χ2v) is 7.15. The number of amides is 1. The molecule has 0 aliphatic heterocycles. The van der Waals surface area contributed by atoms with E-state index in [-0.39, 0.29) is 17.9 Å². The minimum Gasteiger partial charge on any atom is -0.406 e. The van der Waals surface area contributed by atoms with E-state index in [2.05, 4.69) is 19.8 Å². The van der Waals surface area contributed by atoms with Gasteiger partial charge in [0.05, 0.1) is 4.90 Å². The van der Waals surface area contributed by atoms with Crippen LogP contribution in [0.1, 0.15) is 12.1 Å². The first kappa shape index (κ1) is 20.6. The molecule has 0 aliphatic carbocycles. The number of sulfonamides is 1. The highest BCUT2D eigenvalue weighted by Gasteiger charge is 2.31. The predicted octanol–water partition coefficient (Wildman–Crippen LogP) is 2.60. The van der Waals surface area contributed by atoms with Crippen molar-refractivity contribution in [3.63, 3.8) is 0 Å². The van der Waals surface area contributed by atoms with Gasteiger partial charge in [-0.25, -0.2) is 18.1 Å². The molecule has 7 nitrogen and oxygen atoms in total. The topological polar surface area (TPSA) is 97.4 Å². The molecule has 27 heavy (non-hydrogen) atoms. The minimum absolute atomic E-state index is 0.149. The van der Waals surface area contributed by atoms with Gasteiger partial charge in [0.25, 0.3) is 0 Å². The number of pyridine rings is 1. The van der Waals surface area contributed by atoms with Crippen molar-refractivity contribution in [2.24, 2.45) is 0 Å². The molecule has 146 valence electrons. The number of aromatic nitrogens is 1. The summed E-state index contributed by atoms with van der Waals surface area (Å²) in [6.45, 7) is 1.57. The van der Waals surface area contributed by atoms with E-state index in [9.17, 15) is 26.4 Å². The van der Waals surface area contributed by atoms with E-state index in [0.29, 0.717) is 11.5 Å². The normalized spacial score (nSPS) is 11.9. The van der Waals surface area contributed by atoms with Crippen molar-refractivity contribution < 1.29 is 31.1 Å². The average molecular weight is 403 g/mol. The van der Waals surface area contributed by atoms with Crippen LogP contribution in [0.4, 0.5) is 19.0 Å². The SMILES string of the molecule is Cc1cccc(NC(=O)CCNS(=O)(=O)c2ccc(OC(F)(F)F)cc2)n1. The number of aryl methyl sites for hydroxylation is 1. The Morgan fingerprint density at radius 1 is 1.15 bits per heavy atom. The molecule has 1 aromatic carbocycles. The smallest absolute Gasteiger partial charge is 0.406 e. The third-order valence-electron chi connectivity index (χ3n) is 3.17. The Labute approximate surface area is 153 Å². The van der Waals surface area contributed by atoms with Gasteiger partial charge < -0.3 is 10.1 Å². The Morgan fingerprint density at radius 2 is 1.81 bits per heavy atom. The van der Waals surface area contributed by atoms with Crippen LogP contribution in [-0.4, -0.2) is 32.2 Å². The third-order valence-corrected chi connectivity index (χ3v) is 4.64. The fourth-order valence-electron chi connectivity index (χ4n) is 2.02. The van der Waals surface area contributed by atoms with Gasteiger partial charge in [0.2, 0.25) is 15.9 Å². The summed E-state index contributed by atoms with van der Waals surface area (Å²) in [6.07, 6.45) is -5.01. The quantitative estimate of drug-likeness (QED) is 0.741. The van der Waals surface area contributed by atoms with Gasteiger partial charge in [-0.05, 0) is 43.3 Å². The lowest BCUT2D eigenvalue weighted by atomic mass is 10.3. The Hall–Kier alpha value is -2.66. The molecule has 2 rings (SSSR count). The Balaban J connectivity index is 1.88. The molecule has 0 bridgehead atoms. The number of alkyl halides is 3. The molecular formula is C16H16F3N3O4S. The number of nitrogens with zero attached hydrogens (tertiary/aromatic N) is 1. The summed E-state index contributed by atoms with van der Waals surface area (Å²) in [7, 11) is -3.98. The molecule has 0 aliphatic rings. The summed E-state index contributed by atoms with van der Waals surface area (Å²) in [5.74, 6) is -0.626. The molecule has 2 N–H and O–H groups in total. The van der Waals surface area contributed by atoms with Gasteiger partial charge in [-0.2, -0.15) is 0 Å². The van der Waals surface area contributed by atoms with Crippen molar-refractivity contribution in [3.05, 3.63) is 48.2 Å². The molecular weight excluding hydrogens is 387 g/mol. The molecule has 0 atom stereocenters. The summed E-state index contributed by atoms with van der Waals surface area (Å²) in [6, 6.07) is 8.79. The van der Waals surface area contributed by atoms with Crippen LogP contribution in [0.25, 0.3) is 0 Å². The monoisotopic (exact) mass is 403 g/mol. The zero-order chi connectivity index (χ0) is 20.1. The van der Waals surface area contributed by atoms with Crippen LogP contribution in [0.2, 0.25) is 0 Å². The van der Waals surface area contributed by atoms with E-state index < -0.39 is 28.0 Å². The highest BCUT2D eigenvalue weighted by atomic mass is 32.2. The average Bonchev–Trinajstić information content (AvgIpc) is 2.53. The van der Waals surface area contributed by atoms with Crippen molar-refractivity contribution in [2.75, 3.05) is 11.9 Å². The number of rotatable bonds is 7. The molecule has 1 amide bonds. The number of hydrogen-bond acceptors (Lipinski definition) is 5. The predicted molar refractivity (Wildman–Crippen MR) is 90.5 cm³/mol. The largest absolute Gasteiger partial charge is 0.573 e. The maximum Gasteiger partial charge on any atom is 0.573 e. The lowest BCUT2D eigenvalue weighted by Crippen LogP contribution is -2.28. The van der Waals surface area contributed by atoms with E-state index in [4.69, 9.17) is 0 Å². The summed E-state index contributed by atoms with van der Waals surface area (Å²) in [4.78, 5) is 15.7. The van der Waals surface area contributed by atoms with Gasteiger partial charge in [0, 0.05) is 18.7 Å². The molecule has 0 spiro atoms. The lowest BCUT2D eigenvalue weighted by Gasteiger charge is -2.10. The number of hydrogen-bond donors (Lipinski definition) is 2. The number of halogens is 3. The van der Waals surface area contributed by atoms with Crippen molar-refractivity contribution in [3.8, 4) is 5.75 Å². The highest BCUT2D eigenvalue weighted by molar-refractivity contribution is 7.89. The van der Waals surface area contributed by atoms with Crippen LogP contribution in [0.3, 0.4) is 0 Å². The number of carbonyl (C=O) groups excluding carboxylic acids is 1. The Morgan fingerprint density at radius 3 is 2.41 bits per heavy atom. The summed E-state index contributed by atoms with van der Waals surface area (Å²) < 4.78 is 66.4. The highest BCUT2D eigenvalue weighted by Crippen LogP contribution is 2.23. The van der Waals surface area contributed by atoms with E-state index in [1.54, 1.807) is 25.1 Å². The van der Waals surface area contributed by atoms with Crippen molar-refractivity contribution in [1.29, 1.82) is 0 Å². The molecule has 0 saturated heterocycles. The molecule has 0 unspecified atom stereocenters. The first-order valence-electron chi connectivity index (χ1n) is 7.64. The Kier molecular flexibility index (Phi) is 6.39. The van der Waals surface area contributed by atoms with Crippen LogP contribution < -0.4 is 14.8 Å². The molecule has 0 saturated carbocycles. The molecule has 1 aromatic heterocycles. The van der Waals surface area contributed by atoms with Gasteiger partial charge >= 0.3 is 6.36 Å². The Bertz CT molecular complexity index is 900. The summed E-state index contributed by atoms with van der Waals surface area (Å²) >= 11 is 0. The first-order valence-corrected chi connectivity index (χ1v) is 9.12. The number of benzene rings is 1. The summed E-state index contributed by atoms with van der Waals surface area (Å²) in [5, 5.41) is 2.53. The van der Waals surface area contributed by atoms with Crippen LogP contribution in [-0.2, 0) is 14.8 Å². The maximum absolute atomic E-state index is 12.1. The second-order valence-electron chi connectivity index (χ2n) is 5.38. The fraction of sp³-hybridized carbons (Fsp3) is 0.250. The molecule has 2 aromatic rings. The van der Waals surface area contributed by atoms with Crippen LogP contribution in [0.15, 0.2) is 47.4 Å². The van der Waals surface area contributed by atoms with Gasteiger partial charge in [-0.3, -0.25) is 4.79 Å². The van der Waals surface area contributed by atoms with Gasteiger partial charge in [0.1, 0.15) is 11.6 Å². The van der Waals surface area contributed by atoms with Gasteiger partial charge in [0.15, 0.2) is 0 Å². The molecule has 0 fully saturated rings. The third kappa shape index (κ3) is 6.87. The number of ether oxygens (including phenoxy) is 1. The fourth-order valence-corrected chi connectivity index (χ4v) is 3.05. The van der Waals surface area contributed by atoms with Crippen molar-refractivity contribution in [1.82, 2.24) is 9.71 Å². The van der Waals surface area contributed by atoms with Crippen LogP contribution >= 0.6 is 0 Å². The number of nitrogens with one attached hydrogen (secondary N) is 2. The van der Waals surface area contributed by atoms with Gasteiger partial charge in [-0.15, -0.1) is 13.2 Å². The zero-order valence-corrected chi connectivity index (χ0v) is 14.9. The van der Waals surface area contributed by atoms with E-state index in [1.807, 2.05) is 0 Å². The van der Waals surface area contributed by atoms with E-state index >= 15 is 0 Å². The molecule has 1 heterocycles. The van der Waals surface area contributed by atoms with E-state index in [0.717, 1.165) is 24.3 Å². The van der Waals surface area contributed by atoms with Crippen molar-refractivity contribution in [2.45, 2.75) is 24.6 Å². The minimum atomic E-state index is -4.86. The second kappa shape index (κ2) is 8.35. The molecule has 11 heteroatoms. The lowest BCUT2D eigenvalue weighted by molar-refractivity contribution is -0.274. The zero-order valence-electron chi connectivity index (χ0n) is 14.1. The first-order chi connectivity index (χ1) is 12.5. The van der Waals surface area contributed by atoms with Crippen molar-refractivity contribution >= 4 is 21.7 Å².